The number of halogens is 3. The molecule has 3 nitrogen and oxygen atoms in total. The van der Waals surface area contributed by atoms with Crippen LogP contribution in [-0.2, 0) is 4.79 Å². The normalized spacial score (nSPS) is 20.9. The van der Waals surface area contributed by atoms with E-state index in [1.165, 1.54) is 0 Å². The first-order valence-electron chi connectivity index (χ1n) is 4.47. The van der Waals surface area contributed by atoms with Gasteiger partial charge in [-0.1, -0.05) is 12.8 Å². The second-order valence-corrected chi connectivity index (χ2v) is 3.66. The van der Waals surface area contributed by atoms with Gasteiger partial charge in [0.15, 0.2) is 0 Å². The maximum Gasteiger partial charge on any atom is 0.405 e. The number of carbonyl (C=O) groups excluding carboxylic acids is 1. The lowest BCUT2D eigenvalue weighted by Crippen LogP contribution is -2.53. The molecule has 0 aromatic carbocycles. The van der Waals surface area contributed by atoms with Crippen LogP contribution in [0, 0.1) is 0 Å². The SMILES string of the molecule is NC1(C(=O)NCC(F)(F)F)CCCC1. The molecule has 6 heteroatoms. The van der Waals surface area contributed by atoms with Gasteiger partial charge in [0.1, 0.15) is 6.54 Å². The Labute approximate surface area is 79.8 Å². The number of hydrogen-bond acceptors (Lipinski definition) is 2. The number of nitrogens with one attached hydrogen (secondary N) is 1. The van der Waals surface area contributed by atoms with E-state index in [0.29, 0.717) is 12.8 Å². The summed E-state index contributed by atoms with van der Waals surface area (Å²) in [4.78, 5) is 11.3. The van der Waals surface area contributed by atoms with Gasteiger partial charge in [0.25, 0.3) is 0 Å². The molecule has 1 aliphatic rings. The number of rotatable bonds is 2. The van der Waals surface area contributed by atoms with Crippen LogP contribution in [0.1, 0.15) is 25.7 Å². The fraction of sp³-hybridized carbons (Fsp3) is 0.875. The maximum atomic E-state index is 11.8. The lowest BCUT2D eigenvalue weighted by molar-refractivity contribution is -0.141. The number of alkyl halides is 3. The summed E-state index contributed by atoms with van der Waals surface area (Å²) in [7, 11) is 0. The predicted octanol–water partition coefficient (Wildman–Crippen LogP) is 0.936. The molecule has 0 aromatic rings. The van der Waals surface area contributed by atoms with Crippen molar-refractivity contribution >= 4 is 5.91 Å². The van der Waals surface area contributed by atoms with E-state index in [9.17, 15) is 18.0 Å². The summed E-state index contributed by atoms with van der Waals surface area (Å²) in [5.74, 6) is -0.688. The van der Waals surface area contributed by atoms with Gasteiger partial charge in [-0.2, -0.15) is 13.2 Å². The van der Waals surface area contributed by atoms with Crippen molar-refractivity contribution in [2.75, 3.05) is 6.54 Å². The molecule has 0 aromatic heterocycles. The third kappa shape index (κ3) is 2.87. The number of amides is 1. The van der Waals surface area contributed by atoms with E-state index < -0.39 is 24.2 Å². The van der Waals surface area contributed by atoms with E-state index in [-0.39, 0.29) is 0 Å². The van der Waals surface area contributed by atoms with Crippen molar-refractivity contribution in [3.63, 3.8) is 0 Å². The van der Waals surface area contributed by atoms with E-state index in [0.717, 1.165) is 12.8 Å². The Kier molecular flexibility index (Phi) is 3.04. The lowest BCUT2D eigenvalue weighted by atomic mass is 9.98. The van der Waals surface area contributed by atoms with Crippen LogP contribution in [0.2, 0.25) is 0 Å². The van der Waals surface area contributed by atoms with Gasteiger partial charge in [-0.25, -0.2) is 0 Å². The van der Waals surface area contributed by atoms with E-state index in [1.54, 1.807) is 0 Å². The molecule has 0 heterocycles. The first kappa shape index (κ1) is 11.3. The van der Waals surface area contributed by atoms with Crippen molar-refractivity contribution in [2.24, 2.45) is 5.73 Å². The minimum Gasteiger partial charge on any atom is -0.345 e. The van der Waals surface area contributed by atoms with Gasteiger partial charge < -0.3 is 11.1 Å². The molecule has 1 amide bonds. The third-order valence-corrected chi connectivity index (χ3v) is 2.40. The molecule has 0 spiro atoms. The predicted molar refractivity (Wildman–Crippen MR) is 44.5 cm³/mol. The molecule has 82 valence electrons. The molecule has 3 N–H and O–H groups in total. The highest BCUT2D eigenvalue weighted by Gasteiger charge is 2.38. The summed E-state index contributed by atoms with van der Waals surface area (Å²) in [6, 6.07) is 0. The van der Waals surface area contributed by atoms with Crippen molar-refractivity contribution in [3.8, 4) is 0 Å². The molecular weight excluding hydrogens is 197 g/mol. The Balaban J connectivity index is 2.42. The molecule has 1 aliphatic carbocycles. The lowest BCUT2D eigenvalue weighted by Gasteiger charge is -2.22. The largest absolute Gasteiger partial charge is 0.405 e. The van der Waals surface area contributed by atoms with Crippen LogP contribution >= 0.6 is 0 Å². The summed E-state index contributed by atoms with van der Waals surface area (Å²) >= 11 is 0. The first-order chi connectivity index (χ1) is 6.33. The molecule has 14 heavy (non-hydrogen) atoms. The molecular formula is C8H13F3N2O. The molecule has 0 unspecified atom stereocenters. The molecule has 0 saturated heterocycles. The van der Waals surface area contributed by atoms with Crippen molar-refractivity contribution in [1.29, 1.82) is 0 Å². The Hall–Kier alpha value is -0.780. The van der Waals surface area contributed by atoms with Gasteiger partial charge in [0.2, 0.25) is 5.91 Å². The van der Waals surface area contributed by atoms with Crippen LogP contribution in [0.5, 0.6) is 0 Å². The van der Waals surface area contributed by atoms with Crippen molar-refractivity contribution < 1.29 is 18.0 Å². The van der Waals surface area contributed by atoms with Crippen LogP contribution in [0.3, 0.4) is 0 Å². The Morgan fingerprint density at radius 3 is 2.29 bits per heavy atom. The number of carbonyl (C=O) groups is 1. The number of hydrogen-bond donors (Lipinski definition) is 2. The summed E-state index contributed by atoms with van der Waals surface area (Å²) < 4.78 is 35.3. The van der Waals surface area contributed by atoms with Crippen LogP contribution in [0.25, 0.3) is 0 Å². The van der Waals surface area contributed by atoms with E-state index >= 15 is 0 Å². The van der Waals surface area contributed by atoms with Gasteiger partial charge >= 0.3 is 6.18 Å². The fourth-order valence-electron chi connectivity index (χ4n) is 1.59. The van der Waals surface area contributed by atoms with Crippen molar-refractivity contribution in [1.82, 2.24) is 5.32 Å². The highest BCUT2D eigenvalue weighted by molar-refractivity contribution is 5.86. The molecule has 1 saturated carbocycles. The van der Waals surface area contributed by atoms with Crippen LogP contribution in [0.4, 0.5) is 13.2 Å². The van der Waals surface area contributed by atoms with E-state index in [2.05, 4.69) is 0 Å². The number of nitrogens with two attached hydrogens (primary N) is 1. The summed E-state index contributed by atoms with van der Waals surface area (Å²) in [5.41, 5.74) is 4.57. The quantitative estimate of drug-likeness (QED) is 0.712. The van der Waals surface area contributed by atoms with Crippen LogP contribution < -0.4 is 11.1 Å². The van der Waals surface area contributed by atoms with Gasteiger partial charge in [-0.3, -0.25) is 4.79 Å². The Morgan fingerprint density at radius 1 is 1.36 bits per heavy atom. The molecule has 1 fully saturated rings. The summed E-state index contributed by atoms with van der Waals surface area (Å²) in [6.07, 6.45) is -1.83. The van der Waals surface area contributed by atoms with Gasteiger partial charge in [0, 0.05) is 0 Å². The topological polar surface area (TPSA) is 55.1 Å². The second-order valence-electron chi connectivity index (χ2n) is 3.66. The molecule has 0 radical (unpaired) electrons. The zero-order valence-corrected chi connectivity index (χ0v) is 7.66. The average Bonchev–Trinajstić information content (AvgIpc) is 2.48. The van der Waals surface area contributed by atoms with Crippen molar-refractivity contribution in [2.45, 2.75) is 37.4 Å². The van der Waals surface area contributed by atoms with Crippen LogP contribution in [0.15, 0.2) is 0 Å². The minimum absolute atomic E-state index is 0.469. The summed E-state index contributed by atoms with van der Waals surface area (Å²) in [5, 5.41) is 1.82. The monoisotopic (exact) mass is 210 g/mol. The van der Waals surface area contributed by atoms with Gasteiger partial charge in [-0.15, -0.1) is 0 Å². The van der Waals surface area contributed by atoms with E-state index in [1.807, 2.05) is 5.32 Å². The Morgan fingerprint density at radius 2 is 1.86 bits per heavy atom. The Bertz CT molecular complexity index is 221. The second kappa shape index (κ2) is 3.76. The average molecular weight is 210 g/mol. The zero-order chi connectivity index (χ0) is 10.8. The molecule has 1 rings (SSSR count). The molecule has 0 bridgehead atoms. The van der Waals surface area contributed by atoms with Gasteiger partial charge in [0.05, 0.1) is 5.54 Å². The fourth-order valence-corrected chi connectivity index (χ4v) is 1.59. The first-order valence-corrected chi connectivity index (χ1v) is 4.47. The highest BCUT2D eigenvalue weighted by Crippen LogP contribution is 2.27. The van der Waals surface area contributed by atoms with Crippen LogP contribution in [-0.4, -0.2) is 24.2 Å². The zero-order valence-electron chi connectivity index (χ0n) is 7.66. The highest BCUT2D eigenvalue weighted by atomic mass is 19.4. The van der Waals surface area contributed by atoms with E-state index in [4.69, 9.17) is 5.73 Å². The standard InChI is InChI=1S/C8H13F3N2O/c9-8(10,11)5-13-6(14)7(12)3-1-2-4-7/h1-5,12H2,(H,13,14). The maximum absolute atomic E-state index is 11.8. The smallest absolute Gasteiger partial charge is 0.345 e. The van der Waals surface area contributed by atoms with Gasteiger partial charge in [-0.05, 0) is 12.8 Å². The summed E-state index contributed by atoms with van der Waals surface area (Å²) in [6.45, 7) is -1.30. The van der Waals surface area contributed by atoms with Crippen molar-refractivity contribution in [3.05, 3.63) is 0 Å². The molecule has 0 aliphatic heterocycles. The molecule has 0 atom stereocenters. The third-order valence-electron chi connectivity index (χ3n) is 2.40. The minimum atomic E-state index is -4.37.